The van der Waals surface area contributed by atoms with E-state index < -0.39 is 5.97 Å². The van der Waals surface area contributed by atoms with Crippen LogP contribution in [0.15, 0.2) is 0 Å². The van der Waals surface area contributed by atoms with Crippen molar-refractivity contribution in [2.45, 2.75) is 44.8 Å². The SMILES string of the molecule is CC(C)C1CC(CC(=O)O)(N2CCN(C)CC2)CCO1. The van der Waals surface area contributed by atoms with Crippen molar-refractivity contribution >= 4 is 5.97 Å². The van der Waals surface area contributed by atoms with Crippen molar-refractivity contribution in [2.24, 2.45) is 5.92 Å². The number of hydrogen-bond acceptors (Lipinski definition) is 4. The molecule has 0 aromatic carbocycles. The Morgan fingerprint density at radius 3 is 2.55 bits per heavy atom. The molecule has 2 unspecified atom stereocenters. The van der Waals surface area contributed by atoms with Gasteiger partial charge in [0.25, 0.3) is 0 Å². The smallest absolute Gasteiger partial charge is 0.305 e. The summed E-state index contributed by atoms with van der Waals surface area (Å²) in [6, 6.07) is 0. The Balaban J connectivity index is 2.14. The molecule has 0 amide bonds. The largest absolute Gasteiger partial charge is 0.481 e. The molecule has 0 bridgehead atoms. The van der Waals surface area contributed by atoms with Gasteiger partial charge >= 0.3 is 5.97 Å². The second-order valence-electron chi connectivity index (χ2n) is 6.69. The van der Waals surface area contributed by atoms with Gasteiger partial charge in [-0.1, -0.05) is 13.8 Å². The van der Waals surface area contributed by atoms with Crippen LogP contribution in [0.25, 0.3) is 0 Å². The maximum atomic E-state index is 11.4. The Morgan fingerprint density at radius 1 is 1.35 bits per heavy atom. The Bertz CT molecular complexity index is 340. The highest BCUT2D eigenvalue weighted by Gasteiger charge is 2.44. The molecule has 5 nitrogen and oxygen atoms in total. The first-order chi connectivity index (χ1) is 9.43. The van der Waals surface area contributed by atoms with Crippen LogP contribution in [-0.4, -0.2) is 72.4 Å². The average molecular weight is 284 g/mol. The number of rotatable bonds is 4. The third kappa shape index (κ3) is 3.51. The van der Waals surface area contributed by atoms with Crippen LogP contribution >= 0.6 is 0 Å². The summed E-state index contributed by atoms with van der Waals surface area (Å²) in [7, 11) is 2.13. The summed E-state index contributed by atoms with van der Waals surface area (Å²) in [5, 5.41) is 9.36. The van der Waals surface area contributed by atoms with E-state index in [-0.39, 0.29) is 18.1 Å². The van der Waals surface area contributed by atoms with E-state index in [2.05, 4.69) is 30.7 Å². The molecule has 1 N–H and O–H groups in total. The maximum absolute atomic E-state index is 11.4. The normalized spacial score (nSPS) is 33.5. The molecule has 0 aromatic heterocycles. The summed E-state index contributed by atoms with van der Waals surface area (Å²) < 4.78 is 5.86. The van der Waals surface area contributed by atoms with Crippen LogP contribution < -0.4 is 0 Å². The van der Waals surface area contributed by atoms with E-state index in [0.717, 1.165) is 39.0 Å². The molecule has 5 heteroatoms. The predicted octanol–water partition coefficient (Wildman–Crippen LogP) is 1.28. The zero-order valence-electron chi connectivity index (χ0n) is 13.0. The highest BCUT2D eigenvalue weighted by atomic mass is 16.5. The van der Waals surface area contributed by atoms with Crippen molar-refractivity contribution in [3.05, 3.63) is 0 Å². The highest BCUT2D eigenvalue weighted by molar-refractivity contribution is 5.68. The van der Waals surface area contributed by atoms with Crippen LogP contribution in [0.1, 0.15) is 33.1 Å². The molecule has 2 atom stereocenters. The van der Waals surface area contributed by atoms with Gasteiger partial charge in [-0.25, -0.2) is 0 Å². The van der Waals surface area contributed by atoms with Crippen molar-refractivity contribution in [2.75, 3.05) is 39.8 Å². The fraction of sp³-hybridized carbons (Fsp3) is 0.933. The standard InChI is InChI=1S/C15H28N2O3/c1-12(2)13-10-15(4-9-20-13,11-14(18)19)17-7-5-16(3)6-8-17/h12-13H,4-11H2,1-3H3,(H,18,19). The van der Waals surface area contributed by atoms with E-state index in [1.54, 1.807) is 0 Å². The summed E-state index contributed by atoms with van der Waals surface area (Å²) in [4.78, 5) is 16.1. The lowest BCUT2D eigenvalue weighted by Gasteiger charge is -2.51. The van der Waals surface area contributed by atoms with Crippen molar-refractivity contribution < 1.29 is 14.6 Å². The summed E-state index contributed by atoms with van der Waals surface area (Å²) in [5.74, 6) is -0.246. The maximum Gasteiger partial charge on any atom is 0.305 e. The molecule has 0 saturated carbocycles. The molecule has 116 valence electrons. The minimum Gasteiger partial charge on any atom is -0.481 e. The molecule has 0 aliphatic carbocycles. The lowest BCUT2D eigenvalue weighted by atomic mass is 9.79. The Morgan fingerprint density at radius 2 is 2.00 bits per heavy atom. The summed E-state index contributed by atoms with van der Waals surface area (Å²) in [6.45, 7) is 8.98. The molecular formula is C15H28N2O3. The molecule has 2 rings (SSSR count). The Labute approximate surface area is 121 Å². The highest BCUT2D eigenvalue weighted by Crippen LogP contribution is 2.37. The molecule has 0 radical (unpaired) electrons. The van der Waals surface area contributed by atoms with Gasteiger partial charge < -0.3 is 14.7 Å². The quantitative estimate of drug-likeness (QED) is 0.843. The number of carboxylic acids is 1. The minimum atomic E-state index is -0.687. The van der Waals surface area contributed by atoms with Crippen LogP contribution in [0.4, 0.5) is 0 Å². The number of hydrogen-bond donors (Lipinski definition) is 1. The topological polar surface area (TPSA) is 53.0 Å². The number of nitrogens with zero attached hydrogens (tertiary/aromatic N) is 2. The Hall–Kier alpha value is -0.650. The number of likely N-dealkylation sites (N-methyl/N-ethyl adjacent to an activating group) is 1. The summed E-state index contributed by atoms with van der Waals surface area (Å²) in [5.41, 5.74) is -0.208. The average Bonchev–Trinajstić information content (AvgIpc) is 2.38. The molecule has 0 spiro atoms. The molecular weight excluding hydrogens is 256 g/mol. The van der Waals surface area contributed by atoms with Gasteiger partial charge in [-0.2, -0.15) is 0 Å². The molecule has 2 saturated heterocycles. The van der Waals surface area contributed by atoms with Gasteiger partial charge in [0, 0.05) is 38.3 Å². The molecule has 20 heavy (non-hydrogen) atoms. The van der Waals surface area contributed by atoms with Crippen molar-refractivity contribution in [3.8, 4) is 0 Å². The molecule has 2 aliphatic rings. The number of ether oxygens (including phenoxy) is 1. The lowest BCUT2D eigenvalue weighted by molar-refractivity contribution is -0.148. The third-order valence-electron chi connectivity index (χ3n) is 4.88. The van der Waals surface area contributed by atoms with Crippen LogP contribution in [0.5, 0.6) is 0 Å². The lowest BCUT2D eigenvalue weighted by Crippen LogP contribution is -2.60. The van der Waals surface area contributed by atoms with Gasteiger partial charge in [-0.15, -0.1) is 0 Å². The van der Waals surface area contributed by atoms with E-state index in [1.807, 2.05) is 0 Å². The number of carboxylic acid groups (broad SMARTS) is 1. The summed E-state index contributed by atoms with van der Waals surface area (Å²) in [6.07, 6.45) is 2.11. The second-order valence-corrected chi connectivity index (χ2v) is 6.69. The summed E-state index contributed by atoms with van der Waals surface area (Å²) >= 11 is 0. The van der Waals surface area contributed by atoms with Gasteiger partial charge in [0.05, 0.1) is 12.5 Å². The van der Waals surface area contributed by atoms with Gasteiger partial charge in [0.2, 0.25) is 0 Å². The molecule has 2 aliphatic heterocycles. The fourth-order valence-electron chi connectivity index (χ4n) is 3.49. The van der Waals surface area contributed by atoms with Crippen molar-refractivity contribution in [3.63, 3.8) is 0 Å². The number of piperazine rings is 1. The van der Waals surface area contributed by atoms with Crippen molar-refractivity contribution in [1.29, 1.82) is 0 Å². The van der Waals surface area contributed by atoms with E-state index in [0.29, 0.717) is 12.5 Å². The van der Waals surface area contributed by atoms with Gasteiger partial charge in [-0.05, 0) is 25.8 Å². The number of aliphatic carboxylic acids is 1. The van der Waals surface area contributed by atoms with E-state index in [9.17, 15) is 9.90 Å². The predicted molar refractivity (Wildman–Crippen MR) is 77.9 cm³/mol. The minimum absolute atomic E-state index is 0.183. The zero-order chi connectivity index (χ0) is 14.8. The molecule has 0 aromatic rings. The monoisotopic (exact) mass is 284 g/mol. The van der Waals surface area contributed by atoms with Crippen molar-refractivity contribution in [1.82, 2.24) is 9.80 Å². The van der Waals surface area contributed by atoms with E-state index >= 15 is 0 Å². The first kappa shape index (κ1) is 15.7. The first-order valence-electron chi connectivity index (χ1n) is 7.70. The van der Waals surface area contributed by atoms with E-state index in [4.69, 9.17) is 4.74 Å². The third-order valence-corrected chi connectivity index (χ3v) is 4.88. The van der Waals surface area contributed by atoms with Gasteiger partial charge in [0.1, 0.15) is 0 Å². The second kappa shape index (κ2) is 6.41. The van der Waals surface area contributed by atoms with Crippen LogP contribution in [0.2, 0.25) is 0 Å². The van der Waals surface area contributed by atoms with Crippen LogP contribution in [0.3, 0.4) is 0 Å². The van der Waals surface area contributed by atoms with E-state index in [1.165, 1.54) is 0 Å². The van der Waals surface area contributed by atoms with Gasteiger partial charge in [0.15, 0.2) is 0 Å². The fourth-order valence-corrected chi connectivity index (χ4v) is 3.49. The van der Waals surface area contributed by atoms with Crippen LogP contribution in [-0.2, 0) is 9.53 Å². The Kier molecular flexibility index (Phi) is 5.04. The zero-order valence-corrected chi connectivity index (χ0v) is 13.0. The number of carbonyl (C=O) groups is 1. The molecule has 2 fully saturated rings. The van der Waals surface area contributed by atoms with Gasteiger partial charge in [-0.3, -0.25) is 9.69 Å². The molecule has 2 heterocycles. The van der Waals surface area contributed by atoms with Crippen LogP contribution in [0, 0.1) is 5.92 Å². The first-order valence-corrected chi connectivity index (χ1v) is 7.70.